The van der Waals surface area contributed by atoms with Crippen molar-refractivity contribution in [2.24, 2.45) is 0 Å². The second kappa shape index (κ2) is 5.40. The zero-order valence-corrected chi connectivity index (χ0v) is 11.5. The summed E-state index contributed by atoms with van der Waals surface area (Å²) >= 11 is 0. The standard InChI is InChI=1S/C17H14FNO2/c1-11(12-6-8-14(18)9-7-12)21-17(20)16-10-13-4-2-3-5-15(13)19-16/h2-11,19H,1H3/t11-/m1/s1. The van der Waals surface area contributed by atoms with Gasteiger partial charge in [0.15, 0.2) is 0 Å². The van der Waals surface area contributed by atoms with Gasteiger partial charge in [-0.1, -0.05) is 30.3 Å². The van der Waals surface area contributed by atoms with E-state index in [1.807, 2.05) is 24.3 Å². The fourth-order valence-electron chi connectivity index (χ4n) is 2.21. The number of aromatic nitrogens is 1. The van der Waals surface area contributed by atoms with Crippen LogP contribution in [0.1, 0.15) is 29.1 Å². The van der Waals surface area contributed by atoms with Crippen LogP contribution in [0.15, 0.2) is 54.6 Å². The molecule has 2 aromatic carbocycles. The van der Waals surface area contributed by atoms with E-state index in [0.717, 1.165) is 16.5 Å². The molecule has 0 radical (unpaired) electrons. The van der Waals surface area contributed by atoms with Gasteiger partial charge >= 0.3 is 5.97 Å². The zero-order valence-electron chi connectivity index (χ0n) is 11.5. The predicted octanol–water partition coefficient (Wildman–Crippen LogP) is 4.23. The largest absolute Gasteiger partial charge is 0.453 e. The first kappa shape index (κ1) is 13.4. The summed E-state index contributed by atoms with van der Waals surface area (Å²) in [7, 11) is 0. The number of carbonyl (C=O) groups excluding carboxylic acids is 1. The molecule has 3 nitrogen and oxygen atoms in total. The van der Waals surface area contributed by atoms with Gasteiger partial charge in [0.25, 0.3) is 0 Å². The van der Waals surface area contributed by atoms with Crippen molar-refractivity contribution in [3.05, 3.63) is 71.7 Å². The number of esters is 1. The maximum absolute atomic E-state index is 12.9. The molecule has 106 valence electrons. The number of fused-ring (bicyclic) bond motifs is 1. The maximum Gasteiger partial charge on any atom is 0.355 e. The van der Waals surface area contributed by atoms with E-state index >= 15 is 0 Å². The molecule has 0 bridgehead atoms. The molecule has 3 aromatic rings. The number of hydrogen-bond acceptors (Lipinski definition) is 2. The van der Waals surface area contributed by atoms with Gasteiger partial charge in [0.2, 0.25) is 0 Å². The van der Waals surface area contributed by atoms with Crippen LogP contribution in [0.2, 0.25) is 0 Å². The molecule has 3 rings (SSSR count). The Morgan fingerprint density at radius 1 is 1.14 bits per heavy atom. The second-order valence-electron chi connectivity index (χ2n) is 4.87. The average Bonchev–Trinajstić information content (AvgIpc) is 2.92. The highest BCUT2D eigenvalue weighted by Gasteiger charge is 2.15. The van der Waals surface area contributed by atoms with Gasteiger partial charge in [-0.05, 0) is 36.8 Å². The van der Waals surface area contributed by atoms with Crippen molar-refractivity contribution < 1.29 is 13.9 Å². The number of benzene rings is 2. The van der Waals surface area contributed by atoms with Crippen molar-refractivity contribution in [2.75, 3.05) is 0 Å². The minimum absolute atomic E-state index is 0.312. The van der Waals surface area contributed by atoms with Crippen molar-refractivity contribution in [1.82, 2.24) is 4.98 Å². The van der Waals surface area contributed by atoms with Crippen LogP contribution in [0.4, 0.5) is 4.39 Å². The maximum atomic E-state index is 12.9. The van der Waals surface area contributed by atoms with Crippen molar-refractivity contribution >= 4 is 16.9 Å². The number of halogens is 1. The summed E-state index contributed by atoms with van der Waals surface area (Å²) in [4.78, 5) is 15.2. The smallest absolute Gasteiger partial charge is 0.355 e. The fourth-order valence-corrected chi connectivity index (χ4v) is 2.21. The van der Waals surface area contributed by atoms with Crippen molar-refractivity contribution in [3.8, 4) is 0 Å². The monoisotopic (exact) mass is 283 g/mol. The fraction of sp³-hybridized carbons (Fsp3) is 0.118. The summed E-state index contributed by atoms with van der Waals surface area (Å²) in [5.41, 5.74) is 2.05. The molecule has 0 fully saturated rings. The molecular formula is C17H14FNO2. The molecule has 1 aromatic heterocycles. The van der Waals surface area contributed by atoms with E-state index in [9.17, 15) is 9.18 Å². The van der Waals surface area contributed by atoms with E-state index in [4.69, 9.17) is 4.74 Å². The summed E-state index contributed by atoms with van der Waals surface area (Å²) < 4.78 is 18.3. The van der Waals surface area contributed by atoms with E-state index in [2.05, 4.69) is 4.98 Å². The van der Waals surface area contributed by atoms with Gasteiger partial charge in [-0.15, -0.1) is 0 Å². The van der Waals surface area contributed by atoms with Gasteiger partial charge in [0.05, 0.1) is 0 Å². The van der Waals surface area contributed by atoms with Crippen molar-refractivity contribution in [1.29, 1.82) is 0 Å². The normalized spacial score (nSPS) is 12.3. The van der Waals surface area contributed by atoms with E-state index < -0.39 is 12.1 Å². The topological polar surface area (TPSA) is 42.1 Å². The van der Waals surface area contributed by atoms with Crippen LogP contribution < -0.4 is 0 Å². The highest BCUT2D eigenvalue weighted by molar-refractivity contribution is 5.94. The van der Waals surface area contributed by atoms with Gasteiger partial charge < -0.3 is 9.72 Å². The average molecular weight is 283 g/mol. The molecule has 0 amide bonds. The third-order valence-corrected chi connectivity index (χ3v) is 3.37. The Kier molecular flexibility index (Phi) is 3.44. The summed E-state index contributed by atoms with van der Waals surface area (Å²) in [6.45, 7) is 1.76. The van der Waals surface area contributed by atoms with Crippen LogP contribution in [0, 0.1) is 5.82 Å². The molecule has 4 heteroatoms. The third kappa shape index (κ3) is 2.79. The number of para-hydroxylation sites is 1. The predicted molar refractivity (Wildman–Crippen MR) is 78.5 cm³/mol. The molecule has 0 saturated carbocycles. The first-order valence-corrected chi connectivity index (χ1v) is 6.68. The number of ether oxygens (including phenoxy) is 1. The van der Waals surface area contributed by atoms with Crippen LogP contribution in [-0.4, -0.2) is 11.0 Å². The number of carbonyl (C=O) groups is 1. The first-order chi connectivity index (χ1) is 10.1. The van der Waals surface area contributed by atoms with E-state index in [1.54, 1.807) is 25.1 Å². The lowest BCUT2D eigenvalue weighted by Crippen LogP contribution is -2.09. The number of H-pyrrole nitrogens is 1. The second-order valence-corrected chi connectivity index (χ2v) is 4.87. The molecule has 0 unspecified atom stereocenters. The van der Waals surface area contributed by atoms with Gasteiger partial charge in [-0.25, -0.2) is 9.18 Å². The molecule has 1 atom stereocenters. The number of aromatic amines is 1. The van der Waals surface area contributed by atoms with E-state index in [-0.39, 0.29) is 5.82 Å². The quantitative estimate of drug-likeness (QED) is 0.731. The minimum Gasteiger partial charge on any atom is -0.453 e. The molecule has 0 aliphatic carbocycles. The Labute approximate surface area is 121 Å². The summed E-state index contributed by atoms with van der Waals surface area (Å²) in [5.74, 6) is -0.740. The molecule has 0 saturated heterocycles. The van der Waals surface area contributed by atoms with Crippen LogP contribution in [0.25, 0.3) is 10.9 Å². The Morgan fingerprint density at radius 2 is 1.86 bits per heavy atom. The van der Waals surface area contributed by atoms with Crippen LogP contribution >= 0.6 is 0 Å². The lowest BCUT2D eigenvalue weighted by molar-refractivity contribution is 0.0332. The number of hydrogen-bond donors (Lipinski definition) is 1. The molecule has 0 aliphatic heterocycles. The van der Waals surface area contributed by atoms with Crippen LogP contribution in [0.5, 0.6) is 0 Å². The number of nitrogens with one attached hydrogen (secondary N) is 1. The van der Waals surface area contributed by atoms with Crippen molar-refractivity contribution in [3.63, 3.8) is 0 Å². The first-order valence-electron chi connectivity index (χ1n) is 6.68. The number of rotatable bonds is 3. The molecule has 1 heterocycles. The SMILES string of the molecule is C[C@@H](OC(=O)c1cc2ccccc2[nH]1)c1ccc(F)cc1. The minimum atomic E-state index is -0.440. The molecular weight excluding hydrogens is 269 g/mol. The van der Waals surface area contributed by atoms with Gasteiger partial charge in [-0.3, -0.25) is 0 Å². The van der Waals surface area contributed by atoms with Gasteiger partial charge in [0, 0.05) is 10.9 Å². The summed E-state index contributed by atoms with van der Waals surface area (Å²) in [6, 6.07) is 15.3. The Balaban J connectivity index is 1.77. The Hall–Kier alpha value is -2.62. The van der Waals surface area contributed by atoms with Crippen LogP contribution in [0.3, 0.4) is 0 Å². The van der Waals surface area contributed by atoms with E-state index in [1.165, 1.54) is 12.1 Å². The lowest BCUT2D eigenvalue weighted by Gasteiger charge is -2.12. The van der Waals surface area contributed by atoms with Crippen molar-refractivity contribution in [2.45, 2.75) is 13.0 Å². The highest BCUT2D eigenvalue weighted by atomic mass is 19.1. The molecule has 0 spiro atoms. The summed E-state index contributed by atoms with van der Waals surface area (Å²) in [6.07, 6.45) is -0.440. The van der Waals surface area contributed by atoms with E-state index in [0.29, 0.717) is 5.69 Å². The Morgan fingerprint density at radius 3 is 2.57 bits per heavy atom. The molecule has 21 heavy (non-hydrogen) atoms. The Bertz CT molecular complexity index is 744. The molecule has 0 aliphatic rings. The van der Waals surface area contributed by atoms with Gasteiger partial charge in [0.1, 0.15) is 17.6 Å². The van der Waals surface area contributed by atoms with Gasteiger partial charge in [-0.2, -0.15) is 0 Å². The lowest BCUT2D eigenvalue weighted by atomic mass is 10.1. The molecule has 1 N–H and O–H groups in total. The van der Waals surface area contributed by atoms with Crippen LogP contribution in [-0.2, 0) is 4.74 Å². The zero-order chi connectivity index (χ0) is 14.8. The summed E-state index contributed by atoms with van der Waals surface area (Å²) in [5, 5.41) is 0.957. The third-order valence-electron chi connectivity index (χ3n) is 3.37. The highest BCUT2D eigenvalue weighted by Crippen LogP contribution is 2.21.